The molecule has 3 aromatic rings. The Morgan fingerprint density at radius 2 is 1.81 bits per heavy atom. The average Bonchev–Trinajstić information content (AvgIpc) is 2.71. The Labute approximate surface area is 186 Å². The molecule has 31 heavy (non-hydrogen) atoms. The number of aryl methyl sites for hydroxylation is 3. The predicted molar refractivity (Wildman–Crippen MR) is 132 cm³/mol. The Balaban J connectivity index is 2.18. The third-order valence-corrected chi connectivity index (χ3v) is 5.51. The molecule has 0 saturated heterocycles. The molecule has 1 heterocycles. The van der Waals surface area contributed by atoms with Crippen molar-refractivity contribution in [3.63, 3.8) is 0 Å². The van der Waals surface area contributed by atoms with Crippen LogP contribution in [0.1, 0.15) is 11.1 Å². The van der Waals surface area contributed by atoms with Gasteiger partial charge in [-0.05, 0) is 78.7 Å². The van der Waals surface area contributed by atoms with Crippen LogP contribution >= 0.6 is 11.9 Å². The highest BCUT2D eigenvalue weighted by molar-refractivity contribution is 8.03. The van der Waals surface area contributed by atoms with Crippen LogP contribution in [0.15, 0.2) is 59.4 Å². The van der Waals surface area contributed by atoms with Crippen LogP contribution in [-0.2, 0) is 7.05 Å². The van der Waals surface area contributed by atoms with Crippen LogP contribution < -0.4 is 20.5 Å². The number of hydrogen-bond donors (Lipinski definition) is 2. The Morgan fingerprint density at radius 3 is 2.42 bits per heavy atom. The summed E-state index contributed by atoms with van der Waals surface area (Å²) in [4.78, 5) is 14.4. The number of halogens is 1. The van der Waals surface area contributed by atoms with Crippen LogP contribution in [0, 0.1) is 19.7 Å². The standard InChI is InChI=1S/C24H27FN4OS/c1-7-31-27-19-8-9-21(26-23-15(2)10-18(25)11-16(23)3)20(13-19)17-12-22(28(4)5)24(30)29(6)14-17/h7-14,26-27H,1H2,2-6H3. The largest absolute Gasteiger partial charge is 0.373 e. The van der Waals surface area contributed by atoms with Crippen LogP contribution in [0.4, 0.5) is 27.1 Å². The first-order valence-electron chi connectivity index (χ1n) is 9.80. The summed E-state index contributed by atoms with van der Waals surface area (Å²) in [5, 5.41) is 5.19. The smallest absolute Gasteiger partial charge is 0.273 e. The van der Waals surface area contributed by atoms with E-state index in [0.29, 0.717) is 5.69 Å². The number of hydrogen-bond acceptors (Lipinski definition) is 5. The number of rotatable bonds is 7. The van der Waals surface area contributed by atoms with Gasteiger partial charge in [-0.1, -0.05) is 6.58 Å². The molecule has 0 aliphatic heterocycles. The van der Waals surface area contributed by atoms with Gasteiger partial charge >= 0.3 is 0 Å². The zero-order valence-electron chi connectivity index (χ0n) is 18.4. The van der Waals surface area contributed by atoms with Gasteiger partial charge in [0.1, 0.15) is 11.5 Å². The lowest BCUT2D eigenvalue weighted by Crippen LogP contribution is -2.25. The summed E-state index contributed by atoms with van der Waals surface area (Å²) in [6.45, 7) is 7.48. The summed E-state index contributed by atoms with van der Waals surface area (Å²) in [6.07, 6.45) is 1.82. The second-order valence-corrected chi connectivity index (χ2v) is 8.38. The molecule has 0 atom stereocenters. The fourth-order valence-electron chi connectivity index (χ4n) is 3.47. The van der Waals surface area contributed by atoms with E-state index in [1.165, 1.54) is 24.1 Å². The SMILES string of the molecule is C=CSNc1ccc(Nc2c(C)cc(F)cc2C)c(-c2cc(N(C)C)c(=O)n(C)c2)c1. The van der Waals surface area contributed by atoms with Gasteiger partial charge in [0.2, 0.25) is 0 Å². The van der Waals surface area contributed by atoms with Crippen molar-refractivity contribution < 1.29 is 4.39 Å². The van der Waals surface area contributed by atoms with E-state index in [-0.39, 0.29) is 11.4 Å². The molecule has 2 N–H and O–H groups in total. The number of anilines is 4. The highest BCUT2D eigenvalue weighted by Crippen LogP contribution is 2.36. The third kappa shape index (κ3) is 4.94. The van der Waals surface area contributed by atoms with Crippen molar-refractivity contribution >= 4 is 34.7 Å². The summed E-state index contributed by atoms with van der Waals surface area (Å²) in [6, 6.07) is 10.9. The molecule has 1 aromatic heterocycles. The molecule has 0 spiro atoms. The highest BCUT2D eigenvalue weighted by Gasteiger charge is 2.14. The molecule has 5 nitrogen and oxygen atoms in total. The van der Waals surface area contributed by atoms with Gasteiger partial charge in [-0.25, -0.2) is 4.39 Å². The van der Waals surface area contributed by atoms with Crippen molar-refractivity contribution in [1.29, 1.82) is 0 Å². The van der Waals surface area contributed by atoms with Gasteiger partial charge in [0.15, 0.2) is 0 Å². The van der Waals surface area contributed by atoms with Crippen LogP contribution in [0.25, 0.3) is 11.1 Å². The van der Waals surface area contributed by atoms with Crippen LogP contribution in [-0.4, -0.2) is 18.7 Å². The molecule has 0 aliphatic carbocycles. The van der Waals surface area contributed by atoms with Crippen molar-refractivity contribution in [3.8, 4) is 11.1 Å². The maximum absolute atomic E-state index is 13.8. The summed E-state index contributed by atoms with van der Waals surface area (Å²) < 4.78 is 18.6. The van der Waals surface area contributed by atoms with E-state index in [2.05, 4.69) is 16.6 Å². The predicted octanol–water partition coefficient (Wildman–Crippen LogP) is 5.82. The lowest BCUT2D eigenvalue weighted by Gasteiger charge is -2.20. The first-order valence-corrected chi connectivity index (χ1v) is 10.7. The van der Waals surface area contributed by atoms with Gasteiger partial charge in [0.05, 0.1) is 0 Å². The van der Waals surface area contributed by atoms with E-state index >= 15 is 0 Å². The van der Waals surface area contributed by atoms with Crippen LogP contribution in [0.3, 0.4) is 0 Å². The normalized spacial score (nSPS) is 10.6. The Bertz CT molecular complexity index is 1160. The summed E-state index contributed by atoms with van der Waals surface area (Å²) in [5.41, 5.74) is 6.60. The van der Waals surface area contributed by atoms with E-state index in [9.17, 15) is 9.18 Å². The van der Waals surface area contributed by atoms with Crippen molar-refractivity contribution in [2.45, 2.75) is 13.8 Å². The van der Waals surface area contributed by atoms with Gasteiger partial charge in [0.25, 0.3) is 5.56 Å². The molecule has 0 bridgehead atoms. The Kier molecular flexibility index (Phi) is 6.75. The average molecular weight is 439 g/mol. The molecule has 2 aromatic carbocycles. The number of nitrogens with one attached hydrogen (secondary N) is 2. The molecule has 0 fully saturated rings. The van der Waals surface area contributed by atoms with Crippen LogP contribution in [0.5, 0.6) is 0 Å². The molecule has 162 valence electrons. The van der Waals surface area contributed by atoms with Crippen molar-refractivity contribution in [1.82, 2.24) is 4.57 Å². The number of aromatic nitrogens is 1. The molecule has 7 heteroatoms. The topological polar surface area (TPSA) is 49.3 Å². The zero-order valence-corrected chi connectivity index (χ0v) is 19.2. The van der Waals surface area contributed by atoms with Gasteiger partial charge in [-0.15, -0.1) is 0 Å². The fourth-order valence-corrected chi connectivity index (χ4v) is 3.82. The van der Waals surface area contributed by atoms with E-state index in [1.807, 2.05) is 63.3 Å². The van der Waals surface area contributed by atoms with Crippen molar-refractivity contribution in [2.75, 3.05) is 29.0 Å². The fraction of sp³-hybridized carbons (Fsp3) is 0.208. The first kappa shape index (κ1) is 22.5. The molecule has 0 unspecified atom stereocenters. The maximum atomic E-state index is 13.8. The van der Waals surface area contributed by atoms with Crippen molar-refractivity contribution in [2.24, 2.45) is 7.05 Å². The first-order chi connectivity index (χ1) is 14.7. The number of nitrogens with zero attached hydrogens (tertiary/aromatic N) is 2. The summed E-state index contributed by atoms with van der Waals surface area (Å²) in [7, 11) is 5.45. The minimum Gasteiger partial charge on any atom is -0.373 e. The van der Waals surface area contributed by atoms with E-state index < -0.39 is 0 Å². The molecule has 0 saturated carbocycles. The minimum absolute atomic E-state index is 0.0648. The number of pyridine rings is 1. The molecule has 0 aliphatic rings. The van der Waals surface area contributed by atoms with E-state index in [4.69, 9.17) is 0 Å². The summed E-state index contributed by atoms with van der Waals surface area (Å²) >= 11 is 1.38. The van der Waals surface area contributed by atoms with E-state index in [1.54, 1.807) is 17.0 Å². The lowest BCUT2D eigenvalue weighted by molar-refractivity contribution is 0.625. The van der Waals surface area contributed by atoms with Gasteiger partial charge in [-0.3, -0.25) is 4.79 Å². The lowest BCUT2D eigenvalue weighted by atomic mass is 10.0. The Morgan fingerprint density at radius 1 is 1.13 bits per heavy atom. The van der Waals surface area contributed by atoms with Gasteiger partial charge < -0.3 is 19.5 Å². The Hall–Kier alpha value is -3.19. The maximum Gasteiger partial charge on any atom is 0.273 e. The molecule has 3 rings (SSSR count). The minimum atomic E-state index is -0.254. The number of benzene rings is 2. The quantitative estimate of drug-likeness (QED) is 0.455. The van der Waals surface area contributed by atoms with Crippen LogP contribution in [0.2, 0.25) is 0 Å². The monoisotopic (exact) mass is 438 g/mol. The molecule has 0 amide bonds. The van der Waals surface area contributed by atoms with Crippen molar-refractivity contribution in [3.05, 3.63) is 81.9 Å². The zero-order chi connectivity index (χ0) is 22.7. The summed E-state index contributed by atoms with van der Waals surface area (Å²) in [5.74, 6) is -0.254. The molecule has 0 radical (unpaired) electrons. The highest BCUT2D eigenvalue weighted by atomic mass is 32.2. The molecular formula is C24H27FN4OS. The second kappa shape index (κ2) is 9.31. The third-order valence-electron chi connectivity index (χ3n) is 4.99. The van der Waals surface area contributed by atoms with Gasteiger partial charge in [0, 0.05) is 55.5 Å². The van der Waals surface area contributed by atoms with E-state index in [0.717, 1.165) is 39.3 Å². The molecular weight excluding hydrogens is 411 g/mol. The van der Waals surface area contributed by atoms with Gasteiger partial charge in [-0.2, -0.15) is 0 Å². The second-order valence-electron chi connectivity index (χ2n) is 7.61.